The molecule has 0 aliphatic rings. The monoisotopic (exact) mass is 295 g/mol. The second-order valence-electron chi connectivity index (χ2n) is 3.66. The second kappa shape index (κ2) is 9.03. The highest BCUT2D eigenvalue weighted by Gasteiger charge is 2.04. The van der Waals surface area contributed by atoms with E-state index < -0.39 is 12.1 Å². The summed E-state index contributed by atoms with van der Waals surface area (Å²) in [6, 6.07) is 7.17. The lowest BCUT2D eigenvalue weighted by molar-refractivity contribution is -0.137. The predicted molar refractivity (Wildman–Crippen MR) is 78.0 cm³/mol. The molecule has 0 aliphatic heterocycles. The maximum Gasteiger partial charge on any atom is 0.412 e. The van der Waals surface area contributed by atoms with Crippen molar-refractivity contribution in [3.63, 3.8) is 0 Å². The minimum Gasteiger partial charge on any atom is -0.461 e. The highest BCUT2D eigenvalue weighted by atomic mass is 32.2. The van der Waals surface area contributed by atoms with E-state index >= 15 is 0 Å². The van der Waals surface area contributed by atoms with Gasteiger partial charge >= 0.3 is 12.1 Å². The van der Waals surface area contributed by atoms with Crippen LogP contribution in [0.2, 0.25) is 0 Å². The molecule has 6 heteroatoms. The van der Waals surface area contributed by atoms with Gasteiger partial charge in [0.25, 0.3) is 0 Å². The summed E-state index contributed by atoms with van der Waals surface area (Å²) in [4.78, 5) is 23.5. The molecule has 1 rings (SSSR count). The Balaban J connectivity index is 2.24. The number of allylic oxidation sites excluding steroid dienone is 1. The summed E-state index contributed by atoms with van der Waals surface area (Å²) in [5.74, 6) is 0.0292. The van der Waals surface area contributed by atoms with E-state index in [0.717, 1.165) is 4.90 Å². The molecule has 0 atom stereocenters. The quantitative estimate of drug-likeness (QED) is 0.378. The van der Waals surface area contributed by atoms with Crippen LogP contribution in [0, 0.1) is 0 Å². The number of carbonyl (C=O) groups excluding carboxylic acids is 2. The van der Waals surface area contributed by atoms with Gasteiger partial charge < -0.3 is 14.8 Å². The van der Waals surface area contributed by atoms with Crippen molar-refractivity contribution in [2.24, 2.45) is 0 Å². The number of hydrogen-bond donors (Lipinski definition) is 1. The Morgan fingerprint density at radius 2 is 2.00 bits per heavy atom. The Morgan fingerprint density at radius 3 is 2.60 bits per heavy atom. The van der Waals surface area contributed by atoms with Crippen molar-refractivity contribution in [3.8, 4) is 5.75 Å². The average Bonchev–Trinajstić information content (AvgIpc) is 2.45. The van der Waals surface area contributed by atoms with Crippen LogP contribution in [-0.4, -0.2) is 31.5 Å². The fraction of sp³-hybridized carbons (Fsp3) is 0.286. The van der Waals surface area contributed by atoms with Crippen LogP contribution in [-0.2, 0) is 9.53 Å². The second-order valence-corrected chi connectivity index (χ2v) is 4.54. The van der Waals surface area contributed by atoms with Gasteiger partial charge in [0.15, 0.2) is 0 Å². The van der Waals surface area contributed by atoms with E-state index in [-0.39, 0.29) is 13.2 Å². The van der Waals surface area contributed by atoms with Crippen LogP contribution in [0.3, 0.4) is 0 Å². The summed E-state index contributed by atoms with van der Waals surface area (Å²) in [5, 5.41) is 2.49. The number of carbonyl (C=O) groups is 2. The fourth-order valence-corrected chi connectivity index (χ4v) is 1.68. The van der Waals surface area contributed by atoms with Gasteiger partial charge in [-0.2, -0.15) is 0 Å². The van der Waals surface area contributed by atoms with Crippen LogP contribution in [0.4, 0.5) is 4.79 Å². The normalized spacial score (nSPS) is 10.3. The summed E-state index contributed by atoms with van der Waals surface area (Å²) in [5.41, 5.74) is 0. The van der Waals surface area contributed by atoms with Gasteiger partial charge in [-0.05, 0) is 37.4 Å². The topological polar surface area (TPSA) is 64.6 Å². The molecule has 0 bridgehead atoms. The SMILES string of the molecule is C/C=C/C(=O)OCCNC(=O)Oc1ccc(SC)cc1. The van der Waals surface area contributed by atoms with Gasteiger partial charge in [0.1, 0.15) is 12.4 Å². The predicted octanol–water partition coefficient (Wildman–Crippen LogP) is 2.62. The van der Waals surface area contributed by atoms with E-state index in [0.29, 0.717) is 5.75 Å². The molecule has 1 aromatic carbocycles. The number of hydrogen-bond acceptors (Lipinski definition) is 5. The number of esters is 1. The molecule has 0 aromatic heterocycles. The lowest BCUT2D eigenvalue weighted by Gasteiger charge is -2.07. The molecule has 20 heavy (non-hydrogen) atoms. The Bertz CT molecular complexity index is 471. The van der Waals surface area contributed by atoms with Gasteiger partial charge in [0, 0.05) is 11.0 Å². The van der Waals surface area contributed by atoms with E-state index in [1.807, 2.05) is 18.4 Å². The third-order valence-electron chi connectivity index (χ3n) is 2.19. The number of nitrogens with one attached hydrogen (secondary N) is 1. The number of benzene rings is 1. The first kappa shape index (κ1) is 16.1. The first-order valence-electron chi connectivity index (χ1n) is 6.05. The molecule has 1 aromatic rings. The first-order valence-corrected chi connectivity index (χ1v) is 7.27. The standard InChI is InChI=1S/C14H17NO4S/c1-3-4-13(16)18-10-9-15-14(17)19-11-5-7-12(20-2)8-6-11/h3-8H,9-10H2,1-2H3,(H,15,17)/b4-3+. The van der Waals surface area contributed by atoms with E-state index in [4.69, 9.17) is 9.47 Å². The minimum absolute atomic E-state index is 0.101. The third kappa shape index (κ3) is 6.29. The first-order chi connectivity index (χ1) is 9.65. The smallest absolute Gasteiger partial charge is 0.412 e. The zero-order chi connectivity index (χ0) is 14.8. The molecule has 0 fully saturated rings. The lowest BCUT2D eigenvalue weighted by Crippen LogP contribution is -2.30. The zero-order valence-electron chi connectivity index (χ0n) is 11.4. The van der Waals surface area contributed by atoms with Crippen molar-refractivity contribution >= 4 is 23.8 Å². The molecule has 1 N–H and O–H groups in total. The summed E-state index contributed by atoms with van der Waals surface area (Å²) in [6.07, 6.45) is 4.29. The number of amides is 1. The highest BCUT2D eigenvalue weighted by molar-refractivity contribution is 7.98. The van der Waals surface area contributed by atoms with Crippen LogP contribution >= 0.6 is 11.8 Å². The molecular weight excluding hydrogens is 278 g/mol. The van der Waals surface area contributed by atoms with Crippen molar-refractivity contribution in [2.45, 2.75) is 11.8 Å². The summed E-state index contributed by atoms with van der Waals surface area (Å²) in [7, 11) is 0. The maximum absolute atomic E-state index is 11.4. The molecule has 0 saturated heterocycles. The molecule has 0 radical (unpaired) electrons. The van der Waals surface area contributed by atoms with Crippen LogP contribution < -0.4 is 10.1 Å². The van der Waals surface area contributed by atoms with E-state index in [9.17, 15) is 9.59 Å². The number of ether oxygens (including phenoxy) is 2. The lowest BCUT2D eigenvalue weighted by atomic mass is 10.3. The molecule has 1 amide bonds. The van der Waals surface area contributed by atoms with Crippen molar-refractivity contribution < 1.29 is 19.1 Å². The Morgan fingerprint density at radius 1 is 1.30 bits per heavy atom. The van der Waals surface area contributed by atoms with E-state index in [1.54, 1.807) is 36.9 Å². The molecule has 5 nitrogen and oxygen atoms in total. The summed E-state index contributed by atoms with van der Waals surface area (Å²) in [6.45, 7) is 2.02. The average molecular weight is 295 g/mol. The van der Waals surface area contributed by atoms with Gasteiger partial charge in [-0.1, -0.05) is 6.08 Å². The fourth-order valence-electron chi connectivity index (χ4n) is 1.28. The molecular formula is C14H17NO4S. The minimum atomic E-state index is -0.580. The zero-order valence-corrected chi connectivity index (χ0v) is 12.2. The van der Waals surface area contributed by atoms with Crippen LogP contribution in [0.15, 0.2) is 41.3 Å². The van der Waals surface area contributed by atoms with Gasteiger partial charge in [0.2, 0.25) is 0 Å². The van der Waals surface area contributed by atoms with Crippen LogP contribution in [0.5, 0.6) is 5.75 Å². The number of thioether (sulfide) groups is 1. The van der Waals surface area contributed by atoms with Crippen LogP contribution in [0.25, 0.3) is 0 Å². The Kier molecular flexibility index (Phi) is 7.27. The maximum atomic E-state index is 11.4. The van der Waals surface area contributed by atoms with E-state index in [2.05, 4.69) is 5.32 Å². The summed E-state index contributed by atoms with van der Waals surface area (Å²) >= 11 is 1.61. The Hall–Kier alpha value is -1.95. The van der Waals surface area contributed by atoms with Crippen molar-refractivity contribution in [1.82, 2.24) is 5.32 Å². The molecule has 0 spiro atoms. The van der Waals surface area contributed by atoms with Crippen molar-refractivity contribution in [2.75, 3.05) is 19.4 Å². The van der Waals surface area contributed by atoms with Gasteiger partial charge in [0.05, 0.1) is 6.54 Å². The molecule has 0 heterocycles. The summed E-state index contributed by atoms with van der Waals surface area (Å²) < 4.78 is 9.87. The molecule has 0 unspecified atom stereocenters. The van der Waals surface area contributed by atoms with Crippen LogP contribution in [0.1, 0.15) is 6.92 Å². The van der Waals surface area contributed by atoms with Crippen molar-refractivity contribution in [3.05, 3.63) is 36.4 Å². The van der Waals surface area contributed by atoms with Crippen molar-refractivity contribution in [1.29, 1.82) is 0 Å². The Labute approximate surface area is 122 Å². The number of rotatable bonds is 6. The van der Waals surface area contributed by atoms with E-state index in [1.165, 1.54) is 6.08 Å². The molecule has 0 saturated carbocycles. The third-order valence-corrected chi connectivity index (χ3v) is 2.93. The largest absolute Gasteiger partial charge is 0.461 e. The van der Waals surface area contributed by atoms with Gasteiger partial charge in [-0.15, -0.1) is 11.8 Å². The van der Waals surface area contributed by atoms with Gasteiger partial charge in [-0.3, -0.25) is 0 Å². The van der Waals surface area contributed by atoms with Gasteiger partial charge in [-0.25, -0.2) is 9.59 Å². The molecule has 108 valence electrons. The molecule has 0 aliphatic carbocycles. The highest BCUT2D eigenvalue weighted by Crippen LogP contribution is 2.18.